The number of rotatable bonds is 8. The molecule has 0 aromatic heterocycles. The van der Waals surface area contributed by atoms with E-state index in [1.807, 2.05) is 32.0 Å². The second-order valence-electron chi connectivity index (χ2n) is 8.41. The lowest BCUT2D eigenvalue weighted by Gasteiger charge is -2.31. The minimum Gasteiger partial charge on any atom is -0.493 e. The monoisotopic (exact) mass is 410 g/mol. The molecule has 0 atom stereocenters. The fourth-order valence-corrected chi connectivity index (χ4v) is 3.81. The Bertz CT molecular complexity index is 825. The van der Waals surface area contributed by atoms with E-state index in [1.165, 1.54) is 11.1 Å². The fraction of sp³-hybridized carbons (Fsp3) is 0.480. The van der Waals surface area contributed by atoms with Crippen molar-refractivity contribution in [3.63, 3.8) is 0 Å². The van der Waals surface area contributed by atoms with Crippen LogP contribution in [0.25, 0.3) is 0 Å². The summed E-state index contributed by atoms with van der Waals surface area (Å²) in [4.78, 5) is 15.1. The van der Waals surface area contributed by atoms with Gasteiger partial charge in [-0.05, 0) is 70.0 Å². The molecular weight excluding hydrogens is 376 g/mol. The van der Waals surface area contributed by atoms with E-state index < -0.39 is 0 Å². The summed E-state index contributed by atoms with van der Waals surface area (Å²) in [6, 6.07) is 14.5. The predicted molar refractivity (Wildman–Crippen MR) is 120 cm³/mol. The summed E-state index contributed by atoms with van der Waals surface area (Å²) in [5.74, 6) is 1.65. The first-order chi connectivity index (χ1) is 14.4. The average molecular weight is 411 g/mol. The molecular formula is C25H34N2O3. The number of hydrogen-bond donors (Lipinski definition) is 1. The first kappa shape index (κ1) is 22.2. The molecule has 1 N–H and O–H groups in total. The minimum absolute atomic E-state index is 0.0846. The zero-order chi connectivity index (χ0) is 21.5. The maximum Gasteiger partial charge on any atom is 0.223 e. The maximum atomic E-state index is 12.7. The summed E-state index contributed by atoms with van der Waals surface area (Å²) in [7, 11) is 1.63. The number of ether oxygens (including phenoxy) is 2. The van der Waals surface area contributed by atoms with Crippen LogP contribution in [0.5, 0.6) is 11.5 Å². The summed E-state index contributed by atoms with van der Waals surface area (Å²) in [6.45, 7) is 9.46. The normalized spacial score (nSPS) is 15.2. The lowest BCUT2D eigenvalue weighted by Crippen LogP contribution is -2.40. The van der Waals surface area contributed by atoms with Crippen molar-refractivity contribution in [3.05, 3.63) is 59.2 Å². The number of carbonyl (C=O) groups is 1. The average Bonchev–Trinajstić information content (AvgIpc) is 2.74. The topological polar surface area (TPSA) is 50.8 Å². The predicted octanol–water partition coefficient (Wildman–Crippen LogP) is 4.32. The lowest BCUT2D eigenvalue weighted by molar-refractivity contribution is -0.126. The molecule has 1 saturated heterocycles. The summed E-state index contributed by atoms with van der Waals surface area (Å²) >= 11 is 0. The van der Waals surface area contributed by atoms with Crippen molar-refractivity contribution in [3.8, 4) is 11.5 Å². The van der Waals surface area contributed by atoms with Crippen molar-refractivity contribution >= 4 is 5.91 Å². The molecule has 1 amide bonds. The Labute approximate surface area is 180 Å². The summed E-state index contributed by atoms with van der Waals surface area (Å²) in [5.41, 5.74) is 3.63. The van der Waals surface area contributed by atoms with Gasteiger partial charge in [-0.1, -0.05) is 35.9 Å². The van der Waals surface area contributed by atoms with E-state index in [0.717, 1.165) is 43.8 Å². The maximum absolute atomic E-state index is 12.7. The van der Waals surface area contributed by atoms with Crippen LogP contribution in [0.2, 0.25) is 0 Å². The Kier molecular flexibility index (Phi) is 7.75. The number of likely N-dealkylation sites (tertiary alicyclic amines) is 1. The SMILES string of the molecule is COc1cc(CNC(=O)C2CCN(Cc3ccc(C)cc3)CC2)ccc1OC(C)C. The zero-order valence-electron chi connectivity index (χ0n) is 18.6. The first-order valence-corrected chi connectivity index (χ1v) is 10.8. The molecule has 2 aromatic rings. The fourth-order valence-electron chi connectivity index (χ4n) is 3.81. The molecule has 1 fully saturated rings. The molecule has 1 aliphatic heterocycles. The highest BCUT2D eigenvalue weighted by Crippen LogP contribution is 2.29. The summed E-state index contributed by atoms with van der Waals surface area (Å²) in [6.07, 6.45) is 1.89. The van der Waals surface area contributed by atoms with Crippen LogP contribution in [0.1, 0.15) is 43.4 Å². The van der Waals surface area contributed by atoms with E-state index in [2.05, 4.69) is 41.4 Å². The van der Waals surface area contributed by atoms with Crippen molar-refractivity contribution in [1.82, 2.24) is 10.2 Å². The minimum atomic E-state index is 0.0846. The lowest BCUT2D eigenvalue weighted by atomic mass is 9.95. The first-order valence-electron chi connectivity index (χ1n) is 10.8. The number of aryl methyl sites for hydroxylation is 1. The van der Waals surface area contributed by atoms with E-state index in [1.54, 1.807) is 7.11 Å². The molecule has 0 radical (unpaired) electrons. The number of amides is 1. The van der Waals surface area contributed by atoms with E-state index in [0.29, 0.717) is 12.3 Å². The van der Waals surface area contributed by atoms with Gasteiger partial charge in [-0.15, -0.1) is 0 Å². The molecule has 2 aromatic carbocycles. The Morgan fingerprint density at radius 1 is 1.07 bits per heavy atom. The molecule has 5 heteroatoms. The number of methoxy groups -OCH3 is 1. The molecule has 162 valence electrons. The summed E-state index contributed by atoms with van der Waals surface area (Å²) in [5, 5.41) is 3.10. The van der Waals surface area contributed by atoms with E-state index >= 15 is 0 Å². The quantitative estimate of drug-likeness (QED) is 0.704. The zero-order valence-corrected chi connectivity index (χ0v) is 18.6. The van der Waals surface area contributed by atoms with Crippen molar-refractivity contribution < 1.29 is 14.3 Å². The van der Waals surface area contributed by atoms with Crippen LogP contribution in [-0.2, 0) is 17.9 Å². The van der Waals surface area contributed by atoms with E-state index in [4.69, 9.17) is 9.47 Å². The van der Waals surface area contributed by atoms with Crippen LogP contribution in [0.4, 0.5) is 0 Å². The highest BCUT2D eigenvalue weighted by molar-refractivity contribution is 5.78. The Morgan fingerprint density at radius 2 is 1.73 bits per heavy atom. The van der Waals surface area contributed by atoms with Gasteiger partial charge in [-0.3, -0.25) is 9.69 Å². The number of benzene rings is 2. The van der Waals surface area contributed by atoms with Crippen LogP contribution >= 0.6 is 0 Å². The van der Waals surface area contributed by atoms with Gasteiger partial charge in [0.1, 0.15) is 0 Å². The highest BCUT2D eigenvalue weighted by Gasteiger charge is 2.24. The Hall–Kier alpha value is -2.53. The molecule has 0 saturated carbocycles. The number of nitrogens with one attached hydrogen (secondary N) is 1. The van der Waals surface area contributed by atoms with E-state index in [-0.39, 0.29) is 17.9 Å². The third-order valence-electron chi connectivity index (χ3n) is 5.54. The molecule has 30 heavy (non-hydrogen) atoms. The smallest absolute Gasteiger partial charge is 0.223 e. The molecule has 1 heterocycles. The third-order valence-corrected chi connectivity index (χ3v) is 5.54. The van der Waals surface area contributed by atoms with Gasteiger partial charge in [-0.2, -0.15) is 0 Å². The van der Waals surface area contributed by atoms with Gasteiger partial charge >= 0.3 is 0 Å². The van der Waals surface area contributed by atoms with Crippen LogP contribution in [0.3, 0.4) is 0 Å². The molecule has 0 aliphatic carbocycles. The molecule has 0 spiro atoms. The number of carbonyl (C=O) groups excluding carboxylic acids is 1. The van der Waals surface area contributed by atoms with Crippen LogP contribution in [0, 0.1) is 12.8 Å². The standard InChI is InChI=1S/C25H34N2O3/c1-18(2)30-23-10-9-21(15-24(23)29-4)16-26-25(28)22-11-13-27(14-12-22)17-20-7-5-19(3)6-8-20/h5-10,15,18,22H,11-14,16-17H2,1-4H3,(H,26,28). The second-order valence-corrected chi connectivity index (χ2v) is 8.41. The van der Waals surface area contributed by atoms with Crippen molar-refractivity contribution in [2.45, 2.75) is 52.8 Å². The van der Waals surface area contributed by atoms with Gasteiger partial charge in [0.2, 0.25) is 5.91 Å². The van der Waals surface area contributed by atoms with Crippen molar-refractivity contribution in [2.75, 3.05) is 20.2 Å². The van der Waals surface area contributed by atoms with Crippen molar-refractivity contribution in [1.29, 1.82) is 0 Å². The number of piperidine rings is 1. The van der Waals surface area contributed by atoms with Gasteiger partial charge in [0.15, 0.2) is 11.5 Å². The molecule has 0 unspecified atom stereocenters. The van der Waals surface area contributed by atoms with Gasteiger partial charge in [-0.25, -0.2) is 0 Å². The largest absolute Gasteiger partial charge is 0.493 e. The van der Waals surface area contributed by atoms with Crippen molar-refractivity contribution in [2.24, 2.45) is 5.92 Å². The van der Waals surface area contributed by atoms with Gasteiger partial charge in [0, 0.05) is 19.0 Å². The van der Waals surface area contributed by atoms with E-state index in [9.17, 15) is 4.79 Å². The molecule has 1 aliphatic rings. The third kappa shape index (κ3) is 6.23. The second kappa shape index (κ2) is 10.5. The van der Waals surface area contributed by atoms with Crippen LogP contribution in [0.15, 0.2) is 42.5 Å². The van der Waals surface area contributed by atoms with Gasteiger partial charge in [0.25, 0.3) is 0 Å². The number of hydrogen-bond acceptors (Lipinski definition) is 4. The Balaban J connectivity index is 1.46. The molecule has 5 nitrogen and oxygen atoms in total. The van der Waals surface area contributed by atoms with Gasteiger partial charge < -0.3 is 14.8 Å². The number of nitrogens with zero attached hydrogens (tertiary/aromatic N) is 1. The van der Waals surface area contributed by atoms with Crippen LogP contribution < -0.4 is 14.8 Å². The summed E-state index contributed by atoms with van der Waals surface area (Å²) < 4.78 is 11.2. The van der Waals surface area contributed by atoms with Gasteiger partial charge in [0.05, 0.1) is 13.2 Å². The highest BCUT2D eigenvalue weighted by atomic mass is 16.5. The molecule has 0 bridgehead atoms. The molecule has 3 rings (SSSR count). The van der Waals surface area contributed by atoms with Crippen LogP contribution in [-0.4, -0.2) is 37.1 Å². The Morgan fingerprint density at radius 3 is 2.37 bits per heavy atom.